The van der Waals surface area contributed by atoms with E-state index in [4.69, 9.17) is 4.74 Å². The van der Waals surface area contributed by atoms with Crippen LogP contribution in [0, 0.1) is 0 Å². The van der Waals surface area contributed by atoms with Gasteiger partial charge in [0, 0.05) is 36.6 Å². The summed E-state index contributed by atoms with van der Waals surface area (Å²) in [6, 6.07) is 13.4. The first-order valence-corrected chi connectivity index (χ1v) is 8.66. The number of amides is 1. The highest BCUT2D eigenvalue weighted by Gasteiger charge is 2.29. The molecule has 0 atom stereocenters. The maximum Gasteiger partial charge on any atom is 0.272 e. The molecular weight excluding hydrogens is 328 g/mol. The lowest BCUT2D eigenvalue weighted by molar-refractivity contribution is 0.0945. The van der Waals surface area contributed by atoms with Crippen molar-refractivity contribution in [2.24, 2.45) is 0 Å². The summed E-state index contributed by atoms with van der Waals surface area (Å²) in [7, 11) is 1.64. The summed E-state index contributed by atoms with van der Waals surface area (Å²) < 4.78 is 7.17. The fourth-order valence-corrected chi connectivity index (χ4v) is 2.90. The lowest BCUT2D eigenvalue weighted by atomic mass is 10.2. The standard InChI is InChI=1S/C20H20N4O2/c1-26-17-6-2-5-16(10-17)24-19(15-7-8-15)11-18(23-24)20(25)22-13-14-4-3-9-21-12-14/h2-6,9-12,15H,7-8,13H2,1H3,(H,22,25). The van der Waals surface area contributed by atoms with Gasteiger partial charge in [0.25, 0.3) is 5.91 Å². The maximum atomic E-state index is 12.5. The van der Waals surface area contributed by atoms with Gasteiger partial charge in [0.15, 0.2) is 5.69 Å². The van der Waals surface area contributed by atoms with Gasteiger partial charge in [-0.05, 0) is 42.7 Å². The van der Waals surface area contributed by atoms with Gasteiger partial charge in [0.05, 0.1) is 12.8 Å². The first-order chi connectivity index (χ1) is 12.7. The molecule has 6 nitrogen and oxygen atoms in total. The Balaban J connectivity index is 1.58. The third kappa shape index (κ3) is 3.44. The third-order valence-electron chi connectivity index (χ3n) is 4.44. The second-order valence-corrected chi connectivity index (χ2v) is 6.39. The molecule has 2 heterocycles. The average Bonchev–Trinajstić information content (AvgIpc) is 3.45. The molecule has 0 aliphatic heterocycles. The van der Waals surface area contributed by atoms with Crippen molar-refractivity contribution in [1.29, 1.82) is 0 Å². The Morgan fingerprint density at radius 3 is 2.88 bits per heavy atom. The predicted octanol–water partition coefficient (Wildman–Crippen LogP) is 3.08. The van der Waals surface area contributed by atoms with E-state index in [1.165, 1.54) is 0 Å². The van der Waals surface area contributed by atoms with Crippen molar-refractivity contribution in [3.8, 4) is 11.4 Å². The Kier molecular flexibility index (Phi) is 4.39. The minimum absolute atomic E-state index is 0.183. The fraction of sp³-hybridized carbons (Fsp3) is 0.250. The summed E-state index contributed by atoms with van der Waals surface area (Å²) in [6.07, 6.45) is 5.71. The van der Waals surface area contributed by atoms with Crippen LogP contribution in [0.3, 0.4) is 0 Å². The molecule has 1 aliphatic carbocycles. The van der Waals surface area contributed by atoms with Crippen molar-refractivity contribution in [1.82, 2.24) is 20.1 Å². The number of rotatable bonds is 6. The van der Waals surface area contributed by atoms with E-state index in [9.17, 15) is 4.79 Å². The first-order valence-electron chi connectivity index (χ1n) is 8.66. The topological polar surface area (TPSA) is 69.0 Å². The number of nitrogens with zero attached hydrogens (tertiary/aromatic N) is 3. The van der Waals surface area contributed by atoms with E-state index in [0.29, 0.717) is 18.2 Å². The van der Waals surface area contributed by atoms with Crippen LogP contribution in [0.1, 0.15) is 40.5 Å². The van der Waals surface area contributed by atoms with Crippen LogP contribution >= 0.6 is 0 Å². The number of aromatic nitrogens is 3. The molecule has 3 aromatic rings. The molecule has 0 spiro atoms. The molecule has 4 rings (SSSR count). The van der Waals surface area contributed by atoms with E-state index in [-0.39, 0.29) is 5.91 Å². The zero-order chi connectivity index (χ0) is 17.9. The SMILES string of the molecule is COc1cccc(-n2nc(C(=O)NCc3cccnc3)cc2C2CC2)c1. The van der Waals surface area contributed by atoms with E-state index < -0.39 is 0 Å². The number of carbonyl (C=O) groups is 1. The van der Waals surface area contributed by atoms with Crippen LogP contribution in [0.4, 0.5) is 0 Å². The Bertz CT molecular complexity index is 917. The molecule has 1 N–H and O–H groups in total. The monoisotopic (exact) mass is 348 g/mol. The van der Waals surface area contributed by atoms with Gasteiger partial charge in [0.1, 0.15) is 5.75 Å². The fourth-order valence-electron chi connectivity index (χ4n) is 2.90. The highest BCUT2D eigenvalue weighted by atomic mass is 16.5. The average molecular weight is 348 g/mol. The summed E-state index contributed by atoms with van der Waals surface area (Å²) in [5.41, 5.74) is 3.36. The largest absolute Gasteiger partial charge is 0.497 e. The third-order valence-corrected chi connectivity index (χ3v) is 4.44. The molecule has 1 aliphatic rings. The van der Waals surface area contributed by atoms with Gasteiger partial charge >= 0.3 is 0 Å². The van der Waals surface area contributed by atoms with Crippen LogP contribution in [0.25, 0.3) is 5.69 Å². The van der Waals surface area contributed by atoms with Crippen molar-refractivity contribution < 1.29 is 9.53 Å². The molecule has 1 amide bonds. The molecule has 1 aromatic carbocycles. The van der Waals surface area contributed by atoms with Crippen LogP contribution < -0.4 is 10.1 Å². The van der Waals surface area contributed by atoms with E-state index in [2.05, 4.69) is 15.4 Å². The van der Waals surface area contributed by atoms with Crippen LogP contribution in [0.5, 0.6) is 5.75 Å². The highest BCUT2D eigenvalue weighted by molar-refractivity contribution is 5.92. The van der Waals surface area contributed by atoms with Gasteiger partial charge in [-0.1, -0.05) is 12.1 Å². The van der Waals surface area contributed by atoms with Crippen LogP contribution in [-0.4, -0.2) is 27.8 Å². The smallest absolute Gasteiger partial charge is 0.272 e. The maximum absolute atomic E-state index is 12.5. The predicted molar refractivity (Wildman–Crippen MR) is 97.5 cm³/mol. The number of carbonyl (C=O) groups excluding carboxylic acids is 1. The Hall–Kier alpha value is -3.15. The van der Waals surface area contributed by atoms with Gasteiger partial charge in [-0.2, -0.15) is 5.10 Å². The number of ether oxygens (including phenoxy) is 1. The molecule has 0 saturated heterocycles. The van der Waals surface area contributed by atoms with Crippen molar-refractivity contribution in [2.45, 2.75) is 25.3 Å². The van der Waals surface area contributed by atoms with Crippen molar-refractivity contribution in [2.75, 3.05) is 7.11 Å². The molecule has 1 fully saturated rings. The van der Waals surface area contributed by atoms with Gasteiger partial charge in [-0.25, -0.2) is 4.68 Å². The highest BCUT2D eigenvalue weighted by Crippen LogP contribution is 2.41. The number of methoxy groups -OCH3 is 1. The summed E-state index contributed by atoms with van der Waals surface area (Å²) in [5.74, 6) is 1.05. The molecule has 0 radical (unpaired) electrons. The lowest BCUT2D eigenvalue weighted by Crippen LogP contribution is -2.23. The quantitative estimate of drug-likeness (QED) is 0.743. The molecule has 2 aromatic heterocycles. The number of nitrogens with one attached hydrogen (secondary N) is 1. The van der Waals surface area contributed by atoms with Crippen molar-refractivity contribution in [3.63, 3.8) is 0 Å². The first kappa shape index (κ1) is 16.3. The van der Waals surface area contributed by atoms with E-state index in [0.717, 1.165) is 35.5 Å². The molecule has 1 saturated carbocycles. The molecule has 6 heteroatoms. The summed E-state index contributed by atoms with van der Waals surface area (Å²) >= 11 is 0. The summed E-state index contributed by atoms with van der Waals surface area (Å²) in [5, 5.41) is 7.47. The van der Waals surface area contributed by atoms with Crippen molar-refractivity contribution >= 4 is 5.91 Å². The minimum atomic E-state index is -0.183. The van der Waals surface area contributed by atoms with Crippen LogP contribution in [-0.2, 0) is 6.54 Å². The zero-order valence-corrected chi connectivity index (χ0v) is 14.6. The Morgan fingerprint density at radius 2 is 2.15 bits per heavy atom. The lowest BCUT2D eigenvalue weighted by Gasteiger charge is -2.08. The minimum Gasteiger partial charge on any atom is -0.497 e. The molecule has 132 valence electrons. The van der Waals surface area contributed by atoms with E-state index >= 15 is 0 Å². The van der Waals surface area contributed by atoms with Crippen LogP contribution in [0.15, 0.2) is 54.9 Å². The normalized spacial score (nSPS) is 13.4. The van der Waals surface area contributed by atoms with Crippen LogP contribution in [0.2, 0.25) is 0 Å². The number of hydrogen-bond acceptors (Lipinski definition) is 4. The second-order valence-electron chi connectivity index (χ2n) is 6.39. The van der Waals surface area contributed by atoms with Gasteiger partial charge < -0.3 is 10.1 Å². The molecule has 0 unspecified atom stereocenters. The summed E-state index contributed by atoms with van der Waals surface area (Å²) in [4.78, 5) is 16.6. The zero-order valence-electron chi connectivity index (χ0n) is 14.6. The van der Waals surface area contributed by atoms with E-state index in [1.807, 2.05) is 47.1 Å². The molecular formula is C20H20N4O2. The van der Waals surface area contributed by atoms with Gasteiger partial charge in [0.2, 0.25) is 0 Å². The van der Waals surface area contributed by atoms with E-state index in [1.54, 1.807) is 19.5 Å². The summed E-state index contributed by atoms with van der Waals surface area (Å²) in [6.45, 7) is 0.428. The molecule has 26 heavy (non-hydrogen) atoms. The number of benzene rings is 1. The van der Waals surface area contributed by atoms with Gasteiger partial charge in [-0.3, -0.25) is 9.78 Å². The number of pyridine rings is 1. The second kappa shape index (κ2) is 7.00. The number of hydrogen-bond donors (Lipinski definition) is 1. The Labute approximate surface area is 151 Å². The molecule has 0 bridgehead atoms. The van der Waals surface area contributed by atoms with Gasteiger partial charge in [-0.15, -0.1) is 0 Å². The Morgan fingerprint density at radius 1 is 1.27 bits per heavy atom. The van der Waals surface area contributed by atoms with Crippen molar-refractivity contribution in [3.05, 3.63) is 71.8 Å².